The summed E-state index contributed by atoms with van der Waals surface area (Å²) in [6.07, 6.45) is 71.8. The predicted octanol–water partition coefficient (Wildman–Crippen LogP) is 14.7. The van der Waals surface area contributed by atoms with Crippen molar-refractivity contribution in [2.24, 2.45) is 0 Å². The minimum Gasteiger partial charge on any atom is -0.394 e. The van der Waals surface area contributed by atoms with Crippen molar-refractivity contribution in [3.8, 4) is 0 Å². The number of carbonyl (C=O) groups is 1. The molecule has 0 aromatic heterocycles. The Hall–Kier alpha value is -3.41. The highest BCUT2D eigenvalue weighted by atomic mass is 16.7. The van der Waals surface area contributed by atoms with Crippen molar-refractivity contribution < 1.29 is 39.8 Å². The molecule has 7 unspecified atom stereocenters. The molecule has 0 aromatic rings. The van der Waals surface area contributed by atoms with Crippen molar-refractivity contribution in [3.05, 3.63) is 122 Å². The van der Waals surface area contributed by atoms with Gasteiger partial charge in [-0.25, -0.2) is 0 Å². The van der Waals surface area contributed by atoms with Gasteiger partial charge in [-0.05, 0) is 96.8 Å². The molecule has 0 bridgehead atoms. The van der Waals surface area contributed by atoms with Crippen LogP contribution in [0.5, 0.6) is 0 Å². The van der Waals surface area contributed by atoms with Gasteiger partial charge in [-0.1, -0.05) is 238 Å². The summed E-state index contributed by atoms with van der Waals surface area (Å²) in [6, 6.07) is -0.831. The zero-order valence-electron chi connectivity index (χ0n) is 46.1. The number of hydrogen-bond donors (Lipinski definition) is 6. The summed E-state index contributed by atoms with van der Waals surface area (Å²) < 4.78 is 11.2. The van der Waals surface area contributed by atoms with Gasteiger partial charge in [-0.2, -0.15) is 0 Å². The highest BCUT2D eigenvalue weighted by Crippen LogP contribution is 2.23. The van der Waals surface area contributed by atoms with Gasteiger partial charge in [0.15, 0.2) is 6.29 Å². The zero-order chi connectivity index (χ0) is 52.9. The van der Waals surface area contributed by atoms with Crippen molar-refractivity contribution in [1.29, 1.82) is 0 Å². The number of nitrogens with one attached hydrogen (secondary N) is 1. The molecule has 73 heavy (non-hydrogen) atoms. The van der Waals surface area contributed by atoms with E-state index in [4.69, 9.17) is 9.47 Å². The van der Waals surface area contributed by atoms with Crippen molar-refractivity contribution in [2.75, 3.05) is 13.2 Å². The molecule has 1 heterocycles. The molecule has 416 valence electrons. The van der Waals surface area contributed by atoms with Gasteiger partial charge in [-0.3, -0.25) is 4.79 Å². The largest absolute Gasteiger partial charge is 0.394 e. The first-order valence-electron chi connectivity index (χ1n) is 29.2. The van der Waals surface area contributed by atoms with E-state index in [9.17, 15) is 30.3 Å². The summed E-state index contributed by atoms with van der Waals surface area (Å²) in [6.45, 7) is 3.39. The molecule has 0 aromatic carbocycles. The van der Waals surface area contributed by atoms with Crippen molar-refractivity contribution >= 4 is 5.91 Å². The van der Waals surface area contributed by atoms with Gasteiger partial charge in [-0.15, -0.1) is 0 Å². The summed E-state index contributed by atoms with van der Waals surface area (Å²) in [7, 11) is 0. The third kappa shape index (κ3) is 41.5. The summed E-state index contributed by atoms with van der Waals surface area (Å²) in [5.41, 5.74) is 0. The van der Waals surface area contributed by atoms with Gasteiger partial charge >= 0.3 is 0 Å². The Balaban J connectivity index is 2.03. The molecule has 0 saturated carbocycles. The first-order valence-corrected chi connectivity index (χ1v) is 29.2. The predicted molar refractivity (Wildman–Crippen MR) is 308 cm³/mol. The summed E-state index contributed by atoms with van der Waals surface area (Å²) in [4.78, 5) is 13.0. The number of carbonyl (C=O) groups excluding carboxylic acids is 1. The van der Waals surface area contributed by atoms with Crippen molar-refractivity contribution in [3.63, 3.8) is 0 Å². The van der Waals surface area contributed by atoms with Crippen LogP contribution >= 0.6 is 0 Å². The molecule has 1 saturated heterocycles. The number of allylic oxidation sites excluding steroid dienone is 19. The fourth-order valence-electron chi connectivity index (χ4n) is 8.53. The molecular formula is C64H107NO8. The average molecular weight is 1020 g/mol. The quantitative estimate of drug-likeness (QED) is 0.0261. The van der Waals surface area contributed by atoms with Crippen LogP contribution in [0.15, 0.2) is 122 Å². The fraction of sp³-hybridized carbons (Fsp3) is 0.672. The number of unbranched alkanes of at least 4 members (excludes halogenated alkanes) is 21. The van der Waals surface area contributed by atoms with E-state index in [1.807, 2.05) is 19.1 Å². The van der Waals surface area contributed by atoms with E-state index >= 15 is 0 Å². The highest BCUT2D eigenvalue weighted by molar-refractivity contribution is 5.76. The van der Waals surface area contributed by atoms with E-state index in [1.165, 1.54) is 109 Å². The first kappa shape index (κ1) is 67.6. The molecule has 1 fully saturated rings. The summed E-state index contributed by atoms with van der Waals surface area (Å²) >= 11 is 0. The second-order valence-electron chi connectivity index (χ2n) is 19.7. The normalized spacial score (nSPS) is 20.0. The van der Waals surface area contributed by atoms with Crippen LogP contribution in [0.1, 0.15) is 219 Å². The van der Waals surface area contributed by atoms with Gasteiger partial charge in [0, 0.05) is 6.42 Å². The van der Waals surface area contributed by atoms with Gasteiger partial charge in [0.1, 0.15) is 24.4 Å². The highest BCUT2D eigenvalue weighted by Gasteiger charge is 2.44. The van der Waals surface area contributed by atoms with Gasteiger partial charge in [0.2, 0.25) is 5.91 Å². The van der Waals surface area contributed by atoms with Gasteiger partial charge in [0.05, 0.1) is 25.4 Å². The molecular weight excluding hydrogens is 911 g/mol. The van der Waals surface area contributed by atoms with Gasteiger partial charge in [0.25, 0.3) is 0 Å². The Labute approximate surface area is 446 Å². The second-order valence-corrected chi connectivity index (χ2v) is 19.7. The molecule has 1 aliphatic heterocycles. The Morgan fingerprint density at radius 1 is 0.493 bits per heavy atom. The zero-order valence-corrected chi connectivity index (χ0v) is 46.1. The number of amides is 1. The molecule has 1 amide bonds. The SMILES string of the molecule is C/C=C/CC/C=C/CC/C=C/C(O)C(COC1OC(CO)C(O)C(O)C1O)NC(=O)CCCCCCCCCCCCCCCCCCCCC/C=C\C/C=C\C/C=C\C/C=C\C/C=C\C/C=C\C/C=C\CC. The van der Waals surface area contributed by atoms with E-state index in [2.05, 4.69) is 116 Å². The number of ether oxygens (including phenoxy) is 2. The number of rotatable bonds is 48. The summed E-state index contributed by atoms with van der Waals surface area (Å²) in [5.74, 6) is -0.197. The first-order chi connectivity index (χ1) is 35.8. The van der Waals surface area contributed by atoms with E-state index in [-0.39, 0.29) is 12.5 Å². The number of aliphatic hydroxyl groups is 5. The standard InChI is InChI=1S/C64H107NO8/c1-3-5-7-9-11-13-14-15-16-17-18-19-20-21-22-23-24-25-26-27-28-29-30-31-32-33-34-35-36-37-38-39-40-41-42-43-44-46-48-50-52-54-60(68)65-57(58(67)53-51-49-47-45-12-10-8-6-4-2)56-72-64-63(71)62(70)61(69)59(55-66)73-64/h4-7,11-13,15-16,18-19,21-22,24-25,27-28,45,51,53,57-59,61-64,66-67,69-71H,3,8-10,14,17,20,23,26,29-44,46-50,52,54-56H2,1-2H3,(H,65,68)/b6-4+,7-5-,13-11-,16-15-,19-18-,22-21-,25-24-,28-27-,45-12+,53-51+. The maximum absolute atomic E-state index is 13.0. The third-order valence-corrected chi connectivity index (χ3v) is 13.1. The van der Waals surface area contributed by atoms with E-state index in [1.54, 1.807) is 6.08 Å². The van der Waals surface area contributed by atoms with Crippen molar-refractivity contribution in [2.45, 2.75) is 262 Å². The van der Waals surface area contributed by atoms with Crippen LogP contribution in [0.25, 0.3) is 0 Å². The molecule has 1 rings (SSSR count). The lowest BCUT2D eigenvalue weighted by molar-refractivity contribution is -0.302. The Morgan fingerprint density at radius 3 is 1.32 bits per heavy atom. The van der Waals surface area contributed by atoms with E-state index in [0.29, 0.717) is 6.42 Å². The molecule has 9 heteroatoms. The maximum Gasteiger partial charge on any atom is 0.220 e. The fourth-order valence-corrected chi connectivity index (χ4v) is 8.53. The second kappa shape index (κ2) is 52.0. The van der Waals surface area contributed by atoms with Crippen LogP contribution in [-0.4, -0.2) is 87.5 Å². The van der Waals surface area contributed by atoms with E-state index in [0.717, 1.165) is 89.9 Å². The number of aliphatic hydroxyl groups excluding tert-OH is 5. The third-order valence-electron chi connectivity index (χ3n) is 13.1. The van der Waals surface area contributed by atoms with Gasteiger partial charge < -0.3 is 40.3 Å². The van der Waals surface area contributed by atoms with Crippen molar-refractivity contribution in [1.82, 2.24) is 5.32 Å². The van der Waals surface area contributed by atoms with Crippen LogP contribution < -0.4 is 5.32 Å². The Kier molecular flexibility index (Phi) is 48.2. The molecule has 9 nitrogen and oxygen atoms in total. The molecule has 0 aliphatic carbocycles. The summed E-state index contributed by atoms with van der Waals surface area (Å²) in [5, 5.41) is 54.1. The van der Waals surface area contributed by atoms with Crippen LogP contribution in [-0.2, 0) is 14.3 Å². The molecule has 6 N–H and O–H groups in total. The molecule has 0 spiro atoms. The van der Waals surface area contributed by atoms with E-state index < -0.39 is 49.5 Å². The van der Waals surface area contributed by atoms with Crippen LogP contribution in [0, 0.1) is 0 Å². The topological polar surface area (TPSA) is 149 Å². The Morgan fingerprint density at radius 2 is 0.877 bits per heavy atom. The van der Waals surface area contributed by atoms with Crippen LogP contribution in [0.2, 0.25) is 0 Å². The average Bonchev–Trinajstić information content (AvgIpc) is 3.39. The molecule has 7 atom stereocenters. The maximum atomic E-state index is 13.0. The number of hydrogen-bond acceptors (Lipinski definition) is 8. The lowest BCUT2D eigenvalue weighted by atomic mass is 9.99. The Bertz CT molecular complexity index is 1560. The smallest absolute Gasteiger partial charge is 0.220 e. The van der Waals surface area contributed by atoms with Crippen LogP contribution in [0.3, 0.4) is 0 Å². The lowest BCUT2D eigenvalue weighted by Gasteiger charge is -2.40. The lowest BCUT2D eigenvalue weighted by Crippen LogP contribution is -2.60. The minimum absolute atomic E-state index is 0.197. The minimum atomic E-state index is -1.58. The molecule has 1 aliphatic rings. The van der Waals surface area contributed by atoms with Crippen LogP contribution in [0.4, 0.5) is 0 Å². The monoisotopic (exact) mass is 1020 g/mol. The molecule has 0 radical (unpaired) electrons.